The molecule has 200 valence electrons. The maximum atomic E-state index is 13.5. The van der Waals surface area contributed by atoms with Crippen LogP contribution in [0.5, 0.6) is 5.75 Å². The molecule has 8 heteroatoms. The third-order valence-corrected chi connectivity index (χ3v) is 6.06. The Balaban J connectivity index is 2.17. The van der Waals surface area contributed by atoms with Crippen molar-refractivity contribution in [3.05, 3.63) is 35.9 Å². The standard InChI is InChI=1S/C28H42N2O6/c1-7-15-35-27(33)29-24-18-25(34-16-10-8-9-13-28(4,5)6)20(2)17-23(24)26(32)30-14-11-12-22(30)19-36-21(3)31/h7,17-18,22H,1,8-16,19H2,2-6H3,(H,29,33)/t22-/m0/s1. The summed E-state index contributed by atoms with van der Waals surface area (Å²) < 4.78 is 16.3. The Morgan fingerprint density at radius 3 is 2.58 bits per heavy atom. The van der Waals surface area contributed by atoms with E-state index in [0.29, 0.717) is 35.6 Å². The highest BCUT2D eigenvalue weighted by molar-refractivity contribution is 6.03. The first-order valence-corrected chi connectivity index (χ1v) is 12.8. The van der Waals surface area contributed by atoms with E-state index < -0.39 is 6.09 Å². The molecule has 0 spiro atoms. The zero-order valence-electron chi connectivity index (χ0n) is 22.5. The van der Waals surface area contributed by atoms with E-state index >= 15 is 0 Å². The Kier molecular flexibility index (Phi) is 11.3. The minimum Gasteiger partial charge on any atom is -0.493 e. The molecular formula is C28H42N2O6. The number of nitrogens with zero attached hydrogens (tertiary/aromatic N) is 1. The molecule has 0 saturated carbocycles. The van der Waals surface area contributed by atoms with Crippen LogP contribution in [-0.4, -0.2) is 55.3 Å². The third-order valence-electron chi connectivity index (χ3n) is 6.06. The quantitative estimate of drug-likeness (QED) is 0.218. The second-order valence-corrected chi connectivity index (χ2v) is 10.5. The lowest BCUT2D eigenvalue weighted by molar-refractivity contribution is -0.142. The molecule has 1 aliphatic rings. The van der Waals surface area contributed by atoms with Crippen molar-refractivity contribution in [1.82, 2.24) is 4.90 Å². The number of anilines is 1. The van der Waals surface area contributed by atoms with E-state index in [1.165, 1.54) is 19.4 Å². The molecule has 1 N–H and O–H groups in total. The Bertz CT molecular complexity index is 921. The number of ether oxygens (including phenoxy) is 3. The van der Waals surface area contributed by atoms with Crippen LogP contribution in [0.2, 0.25) is 0 Å². The van der Waals surface area contributed by atoms with Crippen molar-refractivity contribution in [2.24, 2.45) is 5.41 Å². The molecule has 1 atom stereocenters. The summed E-state index contributed by atoms with van der Waals surface area (Å²) >= 11 is 0. The molecule has 0 aromatic heterocycles. The van der Waals surface area contributed by atoms with E-state index in [9.17, 15) is 14.4 Å². The number of esters is 1. The van der Waals surface area contributed by atoms with Gasteiger partial charge in [-0.1, -0.05) is 46.3 Å². The lowest BCUT2D eigenvalue weighted by Crippen LogP contribution is -2.39. The number of rotatable bonds is 12. The van der Waals surface area contributed by atoms with Gasteiger partial charge >= 0.3 is 12.1 Å². The molecule has 0 bridgehead atoms. The number of nitrogens with one attached hydrogen (secondary N) is 1. The summed E-state index contributed by atoms with van der Waals surface area (Å²) in [5.41, 5.74) is 1.79. The summed E-state index contributed by atoms with van der Waals surface area (Å²) in [7, 11) is 0. The summed E-state index contributed by atoms with van der Waals surface area (Å²) in [6.45, 7) is 14.8. The monoisotopic (exact) mass is 502 g/mol. The molecule has 36 heavy (non-hydrogen) atoms. The summed E-state index contributed by atoms with van der Waals surface area (Å²) in [5, 5.41) is 2.69. The lowest BCUT2D eigenvalue weighted by atomic mass is 9.89. The van der Waals surface area contributed by atoms with Crippen LogP contribution in [0.1, 0.15) is 82.1 Å². The number of carbonyl (C=O) groups is 3. The van der Waals surface area contributed by atoms with Gasteiger partial charge in [-0.3, -0.25) is 14.9 Å². The Morgan fingerprint density at radius 2 is 1.92 bits per heavy atom. The number of hydrogen-bond donors (Lipinski definition) is 1. The SMILES string of the molecule is C=CCOC(=O)Nc1cc(OCCCCCC(C)(C)C)c(C)cc1C(=O)N1CCC[C@H]1COC(C)=O. The van der Waals surface area contributed by atoms with E-state index in [4.69, 9.17) is 14.2 Å². The van der Waals surface area contributed by atoms with Gasteiger partial charge in [0.25, 0.3) is 5.91 Å². The fourth-order valence-corrected chi connectivity index (χ4v) is 4.17. The molecule has 1 fully saturated rings. The number of amides is 2. The topological polar surface area (TPSA) is 94.2 Å². The molecule has 1 aromatic rings. The van der Waals surface area contributed by atoms with E-state index in [1.807, 2.05) is 6.92 Å². The number of aryl methyl sites for hydroxylation is 1. The van der Waals surface area contributed by atoms with Crippen molar-refractivity contribution in [3.8, 4) is 5.75 Å². The number of unbranched alkanes of at least 4 members (excludes halogenated alkanes) is 2. The fraction of sp³-hybridized carbons (Fsp3) is 0.607. The van der Waals surface area contributed by atoms with Crippen LogP contribution < -0.4 is 10.1 Å². The molecule has 0 unspecified atom stereocenters. The molecule has 2 rings (SSSR count). The van der Waals surface area contributed by atoms with Crippen LogP contribution in [0.3, 0.4) is 0 Å². The molecule has 1 saturated heterocycles. The van der Waals surface area contributed by atoms with Gasteiger partial charge in [-0.15, -0.1) is 0 Å². The Hall–Kier alpha value is -3.03. The van der Waals surface area contributed by atoms with Crippen LogP contribution in [0.25, 0.3) is 0 Å². The predicted octanol–water partition coefficient (Wildman–Crippen LogP) is 5.88. The number of benzene rings is 1. The normalized spacial score (nSPS) is 15.4. The zero-order valence-corrected chi connectivity index (χ0v) is 22.5. The molecule has 8 nitrogen and oxygen atoms in total. The molecule has 1 heterocycles. The van der Waals surface area contributed by atoms with E-state index in [-0.39, 0.29) is 31.1 Å². The van der Waals surface area contributed by atoms with E-state index in [1.54, 1.807) is 17.0 Å². The average Bonchev–Trinajstić information content (AvgIpc) is 3.27. The average molecular weight is 503 g/mol. The van der Waals surface area contributed by atoms with Gasteiger partial charge in [0.1, 0.15) is 19.0 Å². The first-order valence-electron chi connectivity index (χ1n) is 12.8. The van der Waals surface area contributed by atoms with E-state index in [0.717, 1.165) is 37.7 Å². The van der Waals surface area contributed by atoms with Crippen molar-refractivity contribution >= 4 is 23.7 Å². The minimum atomic E-state index is -0.682. The zero-order chi connectivity index (χ0) is 26.7. The van der Waals surface area contributed by atoms with Crippen molar-refractivity contribution in [3.63, 3.8) is 0 Å². The molecule has 0 radical (unpaired) electrons. The summed E-state index contributed by atoms with van der Waals surface area (Å²) in [5.74, 6) is -0.00264. The number of likely N-dealkylation sites (tertiary alicyclic amines) is 1. The minimum absolute atomic E-state index is 0.0511. The van der Waals surface area contributed by atoms with Crippen molar-refractivity contribution in [2.75, 3.05) is 31.7 Å². The van der Waals surface area contributed by atoms with Gasteiger partial charge in [-0.2, -0.15) is 0 Å². The van der Waals surface area contributed by atoms with Crippen LogP contribution in [-0.2, 0) is 14.3 Å². The van der Waals surface area contributed by atoms with Crippen LogP contribution in [0.4, 0.5) is 10.5 Å². The highest BCUT2D eigenvalue weighted by atomic mass is 16.5. The summed E-state index contributed by atoms with van der Waals surface area (Å²) in [6.07, 6.45) is 6.66. The Labute approximate surface area is 215 Å². The van der Waals surface area contributed by atoms with Gasteiger partial charge in [-0.05, 0) is 49.7 Å². The first kappa shape index (κ1) is 29.2. The molecule has 0 aliphatic carbocycles. The molecular weight excluding hydrogens is 460 g/mol. The smallest absolute Gasteiger partial charge is 0.411 e. The largest absolute Gasteiger partial charge is 0.493 e. The van der Waals surface area contributed by atoms with Gasteiger partial charge in [0.15, 0.2) is 0 Å². The summed E-state index contributed by atoms with van der Waals surface area (Å²) in [4.78, 5) is 38.8. The van der Waals surface area contributed by atoms with Gasteiger partial charge < -0.3 is 19.1 Å². The first-order chi connectivity index (χ1) is 17.0. The fourth-order valence-electron chi connectivity index (χ4n) is 4.17. The van der Waals surface area contributed by atoms with Crippen LogP contribution >= 0.6 is 0 Å². The lowest BCUT2D eigenvalue weighted by Gasteiger charge is -2.26. The second-order valence-electron chi connectivity index (χ2n) is 10.5. The Morgan fingerprint density at radius 1 is 1.17 bits per heavy atom. The molecule has 1 aromatic carbocycles. The second kappa shape index (κ2) is 13.9. The highest BCUT2D eigenvalue weighted by Crippen LogP contribution is 2.31. The van der Waals surface area contributed by atoms with E-state index in [2.05, 4.69) is 32.7 Å². The molecule has 2 amide bonds. The number of carbonyl (C=O) groups excluding carboxylic acids is 3. The maximum absolute atomic E-state index is 13.5. The van der Waals surface area contributed by atoms with Gasteiger partial charge in [0.05, 0.1) is 23.9 Å². The van der Waals surface area contributed by atoms with Gasteiger partial charge in [0.2, 0.25) is 0 Å². The van der Waals surface area contributed by atoms with Gasteiger partial charge in [-0.25, -0.2) is 4.79 Å². The van der Waals surface area contributed by atoms with Crippen molar-refractivity contribution in [2.45, 2.75) is 79.2 Å². The maximum Gasteiger partial charge on any atom is 0.411 e. The number of hydrogen-bond acceptors (Lipinski definition) is 6. The highest BCUT2D eigenvalue weighted by Gasteiger charge is 2.32. The van der Waals surface area contributed by atoms with Crippen molar-refractivity contribution < 1.29 is 28.6 Å². The predicted molar refractivity (Wildman–Crippen MR) is 140 cm³/mol. The van der Waals surface area contributed by atoms with Crippen molar-refractivity contribution in [1.29, 1.82) is 0 Å². The van der Waals surface area contributed by atoms with Crippen LogP contribution in [0.15, 0.2) is 24.8 Å². The molecule has 1 aliphatic heterocycles. The summed E-state index contributed by atoms with van der Waals surface area (Å²) in [6, 6.07) is 3.22. The van der Waals surface area contributed by atoms with Gasteiger partial charge in [0, 0.05) is 19.5 Å². The third kappa shape index (κ3) is 9.55. The van der Waals surface area contributed by atoms with Crippen LogP contribution in [0, 0.1) is 12.3 Å².